The molecule has 1 atom stereocenters. The van der Waals surface area contributed by atoms with Crippen LogP contribution in [-0.4, -0.2) is 70.0 Å². The standard InChI is InChI=1S/C19H23N7O8S2/c1-19(2)11(17(28)26(19)34-36(29,30)31)7-14(27)15(13-9-35-18(22)24-13)25-33-6-5-32-10-3-4-12(16(20)21)23-8-10/h3-4,8-9,11H,5-7H2,1-2H3,(H3,20,21)(H2,22,24)(H,29,30,31)/b25-15-/t11-/m1/s1. The lowest BCUT2D eigenvalue weighted by atomic mass is 9.74. The molecular formula is C19H23N7O8S2. The Bertz CT molecular complexity index is 1290. The van der Waals surface area contributed by atoms with E-state index >= 15 is 0 Å². The van der Waals surface area contributed by atoms with Gasteiger partial charge in [0.05, 0.1) is 17.7 Å². The minimum atomic E-state index is -4.92. The monoisotopic (exact) mass is 541 g/mol. The molecule has 6 N–H and O–H groups in total. The maximum atomic E-state index is 13.0. The first-order valence-corrected chi connectivity index (χ1v) is 12.4. The van der Waals surface area contributed by atoms with Gasteiger partial charge in [0.25, 0.3) is 5.91 Å². The van der Waals surface area contributed by atoms with Crippen LogP contribution in [0.2, 0.25) is 0 Å². The summed E-state index contributed by atoms with van der Waals surface area (Å²) >= 11 is 1.07. The number of pyridine rings is 1. The number of hydroxylamine groups is 2. The second kappa shape index (κ2) is 10.5. The van der Waals surface area contributed by atoms with Crippen molar-refractivity contribution in [3.63, 3.8) is 0 Å². The summed E-state index contributed by atoms with van der Waals surface area (Å²) in [4.78, 5) is 38.6. The third-order valence-corrected chi connectivity index (χ3v) is 6.08. The number of carbonyl (C=O) groups excluding carboxylic acids is 2. The fourth-order valence-corrected chi connectivity index (χ4v) is 4.22. The average molecular weight is 542 g/mol. The zero-order valence-electron chi connectivity index (χ0n) is 19.1. The van der Waals surface area contributed by atoms with Gasteiger partial charge in [-0.05, 0) is 26.0 Å². The number of hydrogen-bond donors (Lipinski definition) is 4. The number of rotatable bonds is 12. The van der Waals surface area contributed by atoms with Crippen LogP contribution in [0.5, 0.6) is 5.75 Å². The first-order chi connectivity index (χ1) is 16.8. The minimum absolute atomic E-state index is 0.0430. The van der Waals surface area contributed by atoms with Gasteiger partial charge in [0.1, 0.15) is 29.6 Å². The van der Waals surface area contributed by atoms with Gasteiger partial charge in [-0.1, -0.05) is 5.16 Å². The minimum Gasteiger partial charge on any atom is -0.488 e. The molecule has 194 valence electrons. The van der Waals surface area contributed by atoms with Crippen molar-refractivity contribution >= 4 is 50.1 Å². The summed E-state index contributed by atoms with van der Waals surface area (Å²) < 4.78 is 40.6. The van der Waals surface area contributed by atoms with E-state index < -0.39 is 33.5 Å². The Morgan fingerprint density at radius 2 is 2.06 bits per heavy atom. The third-order valence-electron chi connectivity index (χ3n) is 5.07. The van der Waals surface area contributed by atoms with Crippen LogP contribution in [0.3, 0.4) is 0 Å². The van der Waals surface area contributed by atoms with Gasteiger partial charge >= 0.3 is 10.4 Å². The number of β-lactam (4-membered cyclic amide) rings is 1. The lowest BCUT2D eigenvalue weighted by molar-refractivity contribution is -0.228. The van der Waals surface area contributed by atoms with Crippen LogP contribution in [-0.2, 0) is 29.1 Å². The summed E-state index contributed by atoms with van der Waals surface area (Å²) in [6.45, 7) is 2.93. The summed E-state index contributed by atoms with van der Waals surface area (Å²) in [5.41, 5.74) is 10.1. The van der Waals surface area contributed by atoms with Gasteiger partial charge in [0.2, 0.25) is 0 Å². The van der Waals surface area contributed by atoms with Crippen molar-refractivity contribution in [2.45, 2.75) is 25.8 Å². The van der Waals surface area contributed by atoms with E-state index in [1.54, 1.807) is 6.07 Å². The summed E-state index contributed by atoms with van der Waals surface area (Å²) in [6, 6.07) is 3.10. The highest BCUT2D eigenvalue weighted by Gasteiger charge is 2.57. The van der Waals surface area contributed by atoms with Crippen LogP contribution in [0.4, 0.5) is 5.13 Å². The number of carbonyl (C=O) groups is 2. The highest BCUT2D eigenvalue weighted by molar-refractivity contribution is 7.80. The van der Waals surface area contributed by atoms with Crippen molar-refractivity contribution in [3.8, 4) is 5.75 Å². The number of ether oxygens (including phenoxy) is 1. The van der Waals surface area contributed by atoms with Crippen LogP contribution in [0.15, 0.2) is 28.9 Å². The predicted molar refractivity (Wildman–Crippen MR) is 126 cm³/mol. The van der Waals surface area contributed by atoms with Crippen molar-refractivity contribution in [2.24, 2.45) is 16.8 Å². The second-order valence-corrected chi connectivity index (χ2v) is 9.85. The quantitative estimate of drug-likeness (QED) is 0.0701. The van der Waals surface area contributed by atoms with E-state index in [2.05, 4.69) is 19.4 Å². The number of thiazole rings is 1. The Hall–Kier alpha value is -3.67. The number of aromatic nitrogens is 2. The van der Waals surface area contributed by atoms with Crippen molar-refractivity contribution in [1.29, 1.82) is 5.41 Å². The van der Waals surface area contributed by atoms with E-state index in [9.17, 15) is 18.0 Å². The second-order valence-electron chi connectivity index (χ2n) is 7.95. The molecule has 1 fully saturated rings. The lowest BCUT2D eigenvalue weighted by Crippen LogP contribution is -2.68. The normalized spacial score (nSPS) is 17.4. The Morgan fingerprint density at radius 3 is 2.58 bits per heavy atom. The number of nitrogen functional groups attached to an aromatic ring is 2. The number of nitrogens with two attached hydrogens (primary N) is 2. The van der Waals surface area contributed by atoms with Crippen LogP contribution >= 0.6 is 11.3 Å². The maximum Gasteiger partial charge on any atom is 0.418 e. The summed E-state index contributed by atoms with van der Waals surface area (Å²) in [6.07, 6.45) is 1.03. The van der Waals surface area contributed by atoms with Gasteiger partial charge in [-0.2, -0.15) is 13.5 Å². The molecule has 2 aromatic rings. The highest BCUT2D eigenvalue weighted by Crippen LogP contribution is 2.40. The molecule has 0 bridgehead atoms. The molecule has 36 heavy (non-hydrogen) atoms. The molecule has 1 aliphatic heterocycles. The molecule has 1 amide bonds. The summed E-state index contributed by atoms with van der Waals surface area (Å²) in [7, 11) is -4.92. The molecular weight excluding hydrogens is 518 g/mol. The number of nitrogens with zero attached hydrogens (tertiary/aromatic N) is 4. The Balaban J connectivity index is 1.64. The molecule has 1 aliphatic rings. The SMILES string of the molecule is CC1(C)[C@H](CC(=O)/C(=N\OCCOc2ccc(C(=N)N)nc2)c2csc(N)n2)C(=O)N1OS(=O)(=O)O. The maximum absolute atomic E-state index is 13.0. The molecule has 3 heterocycles. The van der Waals surface area contributed by atoms with E-state index in [1.165, 1.54) is 31.5 Å². The summed E-state index contributed by atoms with van der Waals surface area (Å²) in [5, 5.41) is 13.4. The highest BCUT2D eigenvalue weighted by atomic mass is 32.3. The number of amides is 1. The van der Waals surface area contributed by atoms with Crippen LogP contribution < -0.4 is 16.2 Å². The van der Waals surface area contributed by atoms with E-state index in [4.69, 9.17) is 31.0 Å². The van der Waals surface area contributed by atoms with Gasteiger partial charge in [-0.3, -0.25) is 19.6 Å². The topological polar surface area (TPSA) is 233 Å². The third kappa shape index (κ3) is 6.30. The van der Waals surface area contributed by atoms with E-state index in [1.807, 2.05) is 0 Å². The van der Waals surface area contributed by atoms with E-state index in [-0.39, 0.29) is 42.0 Å². The number of Topliss-reactive ketones (excluding diaryl/α,β-unsaturated/α-hetero) is 1. The zero-order chi connectivity index (χ0) is 26.7. The number of anilines is 1. The Morgan fingerprint density at radius 1 is 1.33 bits per heavy atom. The molecule has 0 aliphatic carbocycles. The summed E-state index contributed by atoms with van der Waals surface area (Å²) in [5.74, 6) is -2.14. The Labute approximate surface area is 209 Å². The van der Waals surface area contributed by atoms with Crippen molar-refractivity contribution in [2.75, 3.05) is 18.9 Å². The largest absolute Gasteiger partial charge is 0.488 e. The van der Waals surface area contributed by atoms with Crippen LogP contribution in [0.1, 0.15) is 31.7 Å². The molecule has 0 unspecified atom stereocenters. The predicted octanol–water partition coefficient (Wildman–Crippen LogP) is 0.135. The van der Waals surface area contributed by atoms with Crippen LogP contribution in [0.25, 0.3) is 0 Å². The number of nitrogens with one attached hydrogen (secondary N) is 1. The smallest absolute Gasteiger partial charge is 0.418 e. The molecule has 0 spiro atoms. The van der Waals surface area contributed by atoms with Crippen LogP contribution in [0, 0.1) is 11.3 Å². The van der Waals surface area contributed by atoms with Gasteiger partial charge in [-0.15, -0.1) is 15.6 Å². The van der Waals surface area contributed by atoms with Crippen molar-refractivity contribution < 1.29 is 36.4 Å². The van der Waals surface area contributed by atoms with Gasteiger partial charge in [0.15, 0.2) is 23.2 Å². The van der Waals surface area contributed by atoms with Crippen molar-refractivity contribution in [1.82, 2.24) is 15.0 Å². The molecule has 15 nitrogen and oxygen atoms in total. The fourth-order valence-electron chi connectivity index (χ4n) is 3.22. The average Bonchev–Trinajstić information content (AvgIpc) is 3.23. The van der Waals surface area contributed by atoms with Gasteiger partial charge in [-0.25, -0.2) is 9.97 Å². The van der Waals surface area contributed by atoms with Gasteiger partial charge < -0.3 is 21.0 Å². The number of amidine groups is 1. The van der Waals surface area contributed by atoms with E-state index in [0.717, 1.165) is 11.3 Å². The molecule has 0 saturated carbocycles. The molecule has 1 saturated heterocycles. The van der Waals surface area contributed by atoms with Gasteiger partial charge in [0, 0.05) is 11.8 Å². The molecule has 2 aromatic heterocycles. The molecule has 17 heteroatoms. The first-order valence-electron chi connectivity index (χ1n) is 10.2. The molecule has 3 rings (SSSR count). The zero-order valence-corrected chi connectivity index (χ0v) is 20.7. The number of hydrogen-bond acceptors (Lipinski definition) is 13. The number of ketones is 1. The molecule has 0 radical (unpaired) electrons. The fraction of sp³-hybridized carbons (Fsp3) is 0.368. The Kier molecular flexibility index (Phi) is 7.87. The molecule has 0 aromatic carbocycles. The van der Waals surface area contributed by atoms with E-state index in [0.29, 0.717) is 16.5 Å². The lowest BCUT2D eigenvalue weighted by Gasteiger charge is -2.50. The first kappa shape index (κ1) is 26.9. The number of oxime groups is 1. The van der Waals surface area contributed by atoms with Crippen molar-refractivity contribution in [3.05, 3.63) is 35.1 Å².